The molecule has 0 unspecified atom stereocenters. The minimum Gasteiger partial charge on any atom is -0.462 e. The molecule has 0 aliphatic carbocycles. The van der Waals surface area contributed by atoms with Gasteiger partial charge in [0.1, 0.15) is 5.75 Å². The summed E-state index contributed by atoms with van der Waals surface area (Å²) in [5, 5.41) is 0.676. The molecule has 0 aliphatic heterocycles. The zero-order valence-electron chi connectivity index (χ0n) is 12.4. The fourth-order valence-corrected chi connectivity index (χ4v) is 2.21. The van der Waals surface area contributed by atoms with Gasteiger partial charge in [0, 0.05) is 23.6 Å². The summed E-state index contributed by atoms with van der Waals surface area (Å²) < 4.78 is 16.4. The molecule has 0 saturated heterocycles. The number of aromatic nitrogens is 1. The van der Waals surface area contributed by atoms with E-state index in [2.05, 4.69) is 4.74 Å². The predicted molar refractivity (Wildman–Crippen MR) is 76.6 cm³/mol. The number of carbonyl (C=O) groups excluding carboxylic acids is 2. The summed E-state index contributed by atoms with van der Waals surface area (Å²) >= 11 is 0. The van der Waals surface area contributed by atoms with Gasteiger partial charge < -0.3 is 18.8 Å². The van der Waals surface area contributed by atoms with Crippen molar-refractivity contribution in [2.24, 2.45) is 7.05 Å². The molecule has 0 radical (unpaired) electrons. The first-order valence-electron chi connectivity index (χ1n) is 6.51. The van der Waals surface area contributed by atoms with Crippen molar-refractivity contribution in [3.05, 3.63) is 29.5 Å². The fraction of sp³-hybridized carbons (Fsp3) is 0.333. The molecule has 21 heavy (non-hydrogen) atoms. The van der Waals surface area contributed by atoms with Gasteiger partial charge in [0.05, 0.1) is 19.3 Å². The van der Waals surface area contributed by atoms with Gasteiger partial charge in [-0.05, 0) is 32.0 Å². The molecule has 0 amide bonds. The Kier molecular flexibility index (Phi) is 4.16. The van der Waals surface area contributed by atoms with Crippen LogP contribution in [0.1, 0.15) is 23.0 Å². The minimum absolute atomic E-state index is 0.299. The molecule has 1 aromatic carbocycles. The predicted octanol–water partition coefficient (Wildman–Crippen LogP) is 2.81. The Balaban J connectivity index is 2.56. The van der Waals surface area contributed by atoms with Gasteiger partial charge >= 0.3 is 12.1 Å². The van der Waals surface area contributed by atoms with E-state index in [0.717, 1.165) is 11.2 Å². The second kappa shape index (κ2) is 5.87. The highest BCUT2D eigenvalue weighted by molar-refractivity contribution is 6.06. The highest BCUT2D eigenvalue weighted by Crippen LogP contribution is 2.29. The number of methoxy groups -OCH3 is 1. The van der Waals surface area contributed by atoms with Gasteiger partial charge in [-0.25, -0.2) is 9.59 Å². The number of rotatable bonds is 3. The zero-order chi connectivity index (χ0) is 15.6. The van der Waals surface area contributed by atoms with Crippen LogP contribution in [0.25, 0.3) is 10.9 Å². The Morgan fingerprint density at radius 3 is 2.62 bits per heavy atom. The highest BCUT2D eigenvalue weighted by Gasteiger charge is 2.20. The number of hydrogen-bond donors (Lipinski definition) is 0. The molecule has 0 bridgehead atoms. The number of carbonyl (C=O) groups is 2. The van der Waals surface area contributed by atoms with Crippen molar-refractivity contribution in [1.29, 1.82) is 0 Å². The van der Waals surface area contributed by atoms with Crippen molar-refractivity contribution in [1.82, 2.24) is 4.57 Å². The number of fused-ring (bicyclic) bond motifs is 1. The number of benzene rings is 1. The maximum atomic E-state index is 12.1. The molecule has 0 aliphatic rings. The molecule has 2 aromatic rings. The summed E-state index contributed by atoms with van der Waals surface area (Å²) in [6.07, 6.45) is -0.806. The molecule has 0 N–H and O–H groups in total. The van der Waals surface area contributed by atoms with Crippen molar-refractivity contribution in [2.75, 3.05) is 13.7 Å². The first kappa shape index (κ1) is 14.9. The van der Waals surface area contributed by atoms with Gasteiger partial charge in [0.25, 0.3) is 0 Å². The van der Waals surface area contributed by atoms with Gasteiger partial charge in [-0.1, -0.05) is 0 Å². The van der Waals surface area contributed by atoms with E-state index in [1.165, 1.54) is 7.11 Å². The molecule has 0 fully saturated rings. The van der Waals surface area contributed by atoms with Crippen molar-refractivity contribution < 1.29 is 23.8 Å². The van der Waals surface area contributed by atoms with Gasteiger partial charge in [-0.3, -0.25) is 0 Å². The summed E-state index contributed by atoms with van der Waals surface area (Å²) in [5.74, 6) is -0.0821. The minimum atomic E-state index is -0.806. The summed E-state index contributed by atoms with van der Waals surface area (Å²) in [5.41, 5.74) is 2.12. The molecule has 0 saturated carbocycles. The lowest BCUT2D eigenvalue weighted by Gasteiger charge is -2.04. The van der Waals surface area contributed by atoms with E-state index in [-0.39, 0.29) is 0 Å². The Morgan fingerprint density at radius 1 is 1.29 bits per heavy atom. The van der Waals surface area contributed by atoms with Crippen molar-refractivity contribution in [3.8, 4) is 5.75 Å². The third-order valence-electron chi connectivity index (χ3n) is 3.31. The third-order valence-corrected chi connectivity index (χ3v) is 3.31. The quantitative estimate of drug-likeness (QED) is 0.642. The lowest BCUT2D eigenvalue weighted by Crippen LogP contribution is -2.07. The molecular formula is C15H17NO5. The van der Waals surface area contributed by atoms with Gasteiger partial charge in [0.2, 0.25) is 0 Å². The number of aryl methyl sites for hydroxylation is 1. The van der Waals surface area contributed by atoms with E-state index >= 15 is 0 Å². The monoisotopic (exact) mass is 291 g/mol. The number of nitrogens with zero attached hydrogens (tertiary/aromatic N) is 1. The SMILES string of the molecule is CCOC(=O)c1c(C)n(C)c2ccc(OC(=O)OC)cc12. The van der Waals surface area contributed by atoms with E-state index in [1.807, 2.05) is 18.5 Å². The van der Waals surface area contributed by atoms with E-state index in [4.69, 9.17) is 9.47 Å². The van der Waals surface area contributed by atoms with E-state index < -0.39 is 12.1 Å². The number of ether oxygens (including phenoxy) is 3. The van der Waals surface area contributed by atoms with E-state index in [1.54, 1.807) is 25.1 Å². The molecule has 6 heteroatoms. The maximum absolute atomic E-state index is 12.1. The van der Waals surface area contributed by atoms with Crippen LogP contribution < -0.4 is 4.74 Å². The van der Waals surface area contributed by atoms with Crippen LogP contribution in [0, 0.1) is 6.92 Å². The Labute approximate surface area is 122 Å². The van der Waals surface area contributed by atoms with Gasteiger partial charge in [0.15, 0.2) is 0 Å². The second-order valence-corrected chi connectivity index (χ2v) is 4.48. The number of esters is 1. The summed E-state index contributed by atoms with van der Waals surface area (Å²) in [7, 11) is 3.10. The summed E-state index contributed by atoms with van der Waals surface area (Å²) in [6, 6.07) is 5.06. The van der Waals surface area contributed by atoms with Crippen LogP contribution in [0.5, 0.6) is 5.75 Å². The van der Waals surface area contributed by atoms with E-state index in [0.29, 0.717) is 23.3 Å². The lowest BCUT2D eigenvalue weighted by molar-refractivity contribution is 0.0527. The van der Waals surface area contributed by atoms with Crippen LogP contribution in [0.15, 0.2) is 18.2 Å². The van der Waals surface area contributed by atoms with E-state index in [9.17, 15) is 9.59 Å². The number of hydrogen-bond acceptors (Lipinski definition) is 5. The normalized spacial score (nSPS) is 10.5. The molecule has 0 atom stereocenters. The molecule has 6 nitrogen and oxygen atoms in total. The third kappa shape index (κ3) is 2.69. The Hall–Kier alpha value is -2.50. The first-order chi connectivity index (χ1) is 9.99. The van der Waals surface area contributed by atoms with Crippen LogP contribution in [-0.2, 0) is 16.5 Å². The van der Waals surface area contributed by atoms with Crippen LogP contribution in [-0.4, -0.2) is 30.4 Å². The largest absolute Gasteiger partial charge is 0.513 e. The van der Waals surface area contributed by atoms with Crippen molar-refractivity contribution in [2.45, 2.75) is 13.8 Å². The van der Waals surface area contributed by atoms with Crippen molar-refractivity contribution >= 4 is 23.0 Å². The van der Waals surface area contributed by atoms with Gasteiger partial charge in [-0.2, -0.15) is 0 Å². The lowest BCUT2D eigenvalue weighted by atomic mass is 10.1. The second-order valence-electron chi connectivity index (χ2n) is 4.48. The Morgan fingerprint density at radius 2 is 2.00 bits per heavy atom. The zero-order valence-corrected chi connectivity index (χ0v) is 12.4. The molecule has 1 aromatic heterocycles. The topological polar surface area (TPSA) is 66.8 Å². The average Bonchev–Trinajstić information content (AvgIpc) is 2.70. The van der Waals surface area contributed by atoms with Crippen LogP contribution in [0.2, 0.25) is 0 Å². The Bertz CT molecular complexity index is 702. The molecule has 2 rings (SSSR count). The molecular weight excluding hydrogens is 274 g/mol. The standard InChI is InChI=1S/C15H17NO5/c1-5-20-14(17)13-9(2)16(3)12-7-6-10(8-11(12)13)21-15(18)19-4/h6-8H,5H2,1-4H3. The van der Waals surface area contributed by atoms with Crippen molar-refractivity contribution in [3.63, 3.8) is 0 Å². The fourth-order valence-electron chi connectivity index (χ4n) is 2.21. The molecule has 112 valence electrons. The maximum Gasteiger partial charge on any atom is 0.513 e. The summed E-state index contributed by atoms with van der Waals surface area (Å²) in [4.78, 5) is 23.3. The first-order valence-corrected chi connectivity index (χ1v) is 6.51. The summed E-state index contributed by atoms with van der Waals surface area (Å²) in [6.45, 7) is 3.89. The van der Waals surface area contributed by atoms with Crippen LogP contribution in [0.3, 0.4) is 0 Å². The highest BCUT2D eigenvalue weighted by atomic mass is 16.7. The van der Waals surface area contributed by atoms with Crippen LogP contribution in [0.4, 0.5) is 4.79 Å². The average molecular weight is 291 g/mol. The smallest absolute Gasteiger partial charge is 0.462 e. The molecule has 1 heterocycles. The molecule has 0 spiro atoms. The van der Waals surface area contributed by atoms with Crippen LogP contribution >= 0.6 is 0 Å². The van der Waals surface area contributed by atoms with Gasteiger partial charge in [-0.15, -0.1) is 0 Å².